The minimum atomic E-state index is -0.890. The molecule has 0 aromatic heterocycles. The third-order valence-corrected chi connectivity index (χ3v) is 7.84. The van der Waals surface area contributed by atoms with E-state index in [9.17, 15) is 29.7 Å². The Balaban J connectivity index is 5.10. The van der Waals surface area contributed by atoms with E-state index < -0.39 is 35.7 Å². The lowest BCUT2D eigenvalue weighted by Crippen LogP contribution is -2.58. The highest BCUT2D eigenvalue weighted by atomic mass is 16.4. The van der Waals surface area contributed by atoms with Gasteiger partial charge in [-0.05, 0) is 51.9 Å². The van der Waals surface area contributed by atoms with Crippen molar-refractivity contribution in [2.45, 2.75) is 118 Å². The summed E-state index contributed by atoms with van der Waals surface area (Å²) in [5.41, 5.74) is 0. The number of carboxylic acid groups (broad SMARTS) is 3. The first-order valence-corrected chi connectivity index (χ1v) is 14.8. The second-order valence-corrected chi connectivity index (χ2v) is 10.8. The Bertz CT molecular complexity index is 603. The molecule has 0 aliphatic heterocycles. The van der Waals surface area contributed by atoms with Gasteiger partial charge in [-0.2, -0.15) is 0 Å². The monoisotopic (exact) mass is 526 g/mol. The van der Waals surface area contributed by atoms with E-state index in [1.807, 2.05) is 20.8 Å². The number of hydrogen-bond donors (Lipinski definition) is 3. The quantitative estimate of drug-likeness (QED) is 0.0670. The Labute approximate surface area is 225 Å². The fourth-order valence-corrected chi connectivity index (χ4v) is 5.34. The maximum atomic E-state index is 11.9. The van der Waals surface area contributed by atoms with Gasteiger partial charge in [0.15, 0.2) is 0 Å². The van der Waals surface area contributed by atoms with Gasteiger partial charge in [0.05, 0.1) is 26.2 Å². The molecule has 0 heterocycles. The largest absolute Gasteiger partial charge is 0.481 e. The lowest BCUT2D eigenvalue weighted by atomic mass is 9.95. The summed E-state index contributed by atoms with van der Waals surface area (Å²) >= 11 is 0. The summed E-state index contributed by atoms with van der Waals surface area (Å²) in [5.74, 6) is -4.52. The van der Waals surface area contributed by atoms with Crippen molar-refractivity contribution < 1.29 is 34.2 Å². The number of rotatable bonds is 25. The molecule has 7 nitrogen and oxygen atoms in total. The van der Waals surface area contributed by atoms with Crippen LogP contribution in [0.5, 0.6) is 0 Å². The lowest BCUT2D eigenvalue weighted by molar-refractivity contribution is -0.935. The lowest BCUT2D eigenvalue weighted by Gasteiger charge is -2.43. The molecule has 0 amide bonds. The molecule has 0 saturated carbocycles. The van der Waals surface area contributed by atoms with Crippen LogP contribution in [0.15, 0.2) is 12.2 Å². The van der Waals surface area contributed by atoms with Gasteiger partial charge in [0.2, 0.25) is 0 Å². The van der Waals surface area contributed by atoms with Crippen molar-refractivity contribution in [3.63, 3.8) is 0 Å². The van der Waals surface area contributed by atoms with Crippen molar-refractivity contribution in [2.24, 2.45) is 17.8 Å². The van der Waals surface area contributed by atoms with Crippen molar-refractivity contribution in [3.05, 3.63) is 12.2 Å². The van der Waals surface area contributed by atoms with Gasteiger partial charge in [-0.1, -0.05) is 77.9 Å². The second-order valence-electron chi connectivity index (χ2n) is 10.8. The van der Waals surface area contributed by atoms with Gasteiger partial charge >= 0.3 is 17.9 Å². The zero-order valence-electron chi connectivity index (χ0n) is 24.1. The zero-order chi connectivity index (χ0) is 28.1. The van der Waals surface area contributed by atoms with E-state index in [-0.39, 0.29) is 24.1 Å². The van der Waals surface area contributed by atoms with E-state index in [4.69, 9.17) is 0 Å². The van der Waals surface area contributed by atoms with Crippen LogP contribution >= 0.6 is 0 Å². The number of unbranched alkanes of at least 4 members (excludes halogenated alkanes) is 10. The summed E-state index contributed by atoms with van der Waals surface area (Å²) in [6.45, 7) is 9.04. The smallest absolute Gasteiger partial charge is 0.312 e. The molecule has 3 N–H and O–H groups in total. The topological polar surface area (TPSA) is 112 Å². The number of nitrogens with zero attached hydrogens (tertiary/aromatic N) is 1. The van der Waals surface area contributed by atoms with Gasteiger partial charge < -0.3 is 19.8 Å². The molecule has 0 bridgehead atoms. The molecular weight excluding hydrogens is 470 g/mol. The Morgan fingerprint density at radius 3 is 1.22 bits per heavy atom. The van der Waals surface area contributed by atoms with Crippen LogP contribution in [-0.2, 0) is 14.4 Å². The third kappa shape index (κ3) is 15.8. The van der Waals surface area contributed by atoms with Crippen molar-refractivity contribution >= 4 is 17.9 Å². The number of aliphatic carboxylic acids is 3. The Morgan fingerprint density at radius 1 is 0.595 bits per heavy atom. The van der Waals surface area contributed by atoms with E-state index in [1.54, 1.807) is 0 Å². The Hall–Kier alpha value is -1.89. The van der Waals surface area contributed by atoms with Crippen molar-refractivity contribution in [1.82, 2.24) is 0 Å². The Morgan fingerprint density at radius 2 is 0.919 bits per heavy atom. The number of carbonyl (C=O) groups is 3. The Kier molecular flexibility index (Phi) is 20.0. The first-order valence-electron chi connectivity index (χ1n) is 14.8. The maximum absolute atomic E-state index is 11.9. The molecule has 0 radical (unpaired) electrons. The van der Waals surface area contributed by atoms with Gasteiger partial charge in [-0.25, -0.2) is 0 Å². The minimum Gasteiger partial charge on any atom is -0.481 e. The van der Waals surface area contributed by atoms with Crippen LogP contribution in [0.1, 0.15) is 118 Å². The van der Waals surface area contributed by atoms with Gasteiger partial charge in [0, 0.05) is 0 Å². The highest BCUT2D eigenvalue weighted by Gasteiger charge is 2.40. The molecule has 3 unspecified atom stereocenters. The number of quaternary nitrogens is 1. The van der Waals surface area contributed by atoms with Gasteiger partial charge in [-0.15, -0.1) is 0 Å². The molecule has 0 aromatic carbocycles. The summed E-state index contributed by atoms with van der Waals surface area (Å²) in [6.07, 6.45) is 18.6. The van der Waals surface area contributed by atoms with Gasteiger partial charge in [0.1, 0.15) is 17.8 Å². The standard InChI is InChI=1S/C30H55NO6/c1-5-9-10-11-12-13-14-15-16-17-18-19-20-21-31(22-25(6-2)28(32)33,23-26(7-3)29(34)35)24-27(8-4)30(36)37/h5,9,25-27H,6-8,10-24H2,1-4H3,(H2-,32,33,34,35,36,37)/p+1/b9-5+. The summed E-state index contributed by atoms with van der Waals surface area (Å²) in [4.78, 5) is 35.8. The molecular formula is C30H56NO6+. The van der Waals surface area contributed by atoms with E-state index in [1.165, 1.54) is 51.4 Å². The predicted molar refractivity (Wildman–Crippen MR) is 150 cm³/mol. The molecule has 0 aliphatic carbocycles. The number of carboxylic acids is 3. The SMILES string of the molecule is C/C=C/CCCCCCCCCCCC[N+](CC(CC)C(=O)O)(CC(CC)C(=O)O)CC(CC)C(=O)O. The van der Waals surface area contributed by atoms with Crippen LogP contribution in [0, 0.1) is 17.8 Å². The normalized spacial score (nSPS) is 15.8. The average molecular weight is 527 g/mol. The van der Waals surface area contributed by atoms with Gasteiger partial charge in [0.25, 0.3) is 0 Å². The van der Waals surface area contributed by atoms with Crippen LogP contribution in [-0.4, -0.2) is 63.9 Å². The minimum absolute atomic E-state index is 0.258. The average Bonchev–Trinajstić information content (AvgIpc) is 2.86. The van der Waals surface area contributed by atoms with Crippen LogP contribution in [0.3, 0.4) is 0 Å². The fraction of sp³-hybridized carbons (Fsp3) is 0.833. The van der Waals surface area contributed by atoms with Gasteiger partial charge in [-0.3, -0.25) is 14.4 Å². The van der Waals surface area contributed by atoms with Crippen molar-refractivity contribution in [1.29, 1.82) is 0 Å². The molecule has 0 spiro atoms. The van der Waals surface area contributed by atoms with Crippen molar-refractivity contribution in [2.75, 3.05) is 26.2 Å². The highest BCUT2D eigenvalue weighted by molar-refractivity contribution is 5.71. The number of hydrogen-bond acceptors (Lipinski definition) is 3. The van der Waals surface area contributed by atoms with Crippen LogP contribution in [0.4, 0.5) is 0 Å². The molecule has 3 atom stereocenters. The zero-order valence-corrected chi connectivity index (χ0v) is 24.1. The molecule has 0 fully saturated rings. The first-order chi connectivity index (χ1) is 17.7. The van der Waals surface area contributed by atoms with E-state index in [0.717, 1.165) is 19.3 Å². The molecule has 0 rings (SSSR count). The molecule has 0 saturated heterocycles. The fourth-order valence-electron chi connectivity index (χ4n) is 5.34. The first kappa shape index (κ1) is 35.1. The highest BCUT2D eigenvalue weighted by Crippen LogP contribution is 2.25. The molecule has 37 heavy (non-hydrogen) atoms. The van der Waals surface area contributed by atoms with E-state index in [2.05, 4.69) is 19.1 Å². The third-order valence-electron chi connectivity index (χ3n) is 7.84. The van der Waals surface area contributed by atoms with Crippen LogP contribution in [0.25, 0.3) is 0 Å². The summed E-state index contributed by atoms with van der Waals surface area (Å²) < 4.78 is 0.258. The molecule has 216 valence electrons. The van der Waals surface area contributed by atoms with E-state index in [0.29, 0.717) is 25.8 Å². The molecule has 0 aromatic rings. The van der Waals surface area contributed by atoms with Crippen molar-refractivity contribution in [3.8, 4) is 0 Å². The predicted octanol–water partition coefficient (Wildman–Crippen LogP) is 7.00. The van der Waals surface area contributed by atoms with Crippen LogP contribution < -0.4 is 0 Å². The summed E-state index contributed by atoms with van der Waals surface area (Å²) in [5, 5.41) is 29.3. The summed E-state index contributed by atoms with van der Waals surface area (Å²) in [7, 11) is 0. The second kappa shape index (κ2) is 21.1. The van der Waals surface area contributed by atoms with E-state index >= 15 is 0 Å². The summed E-state index contributed by atoms with van der Waals surface area (Å²) in [6, 6.07) is 0. The molecule has 0 aliphatic rings. The molecule has 7 heteroatoms. The maximum Gasteiger partial charge on any atom is 0.312 e. The number of allylic oxidation sites excluding steroid dienone is 2. The van der Waals surface area contributed by atoms with Crippen LogP contribution in [0.2, 0.25) is 0 Å².